The average Bonchev–Trinajstić information content (AvgIpc) is 2.82. The molecule has 0 aromatic heterocycles. The Kier molecular flexibility index (Phi) is 6.61. The number of carboxylic acids is 1. The molecule has 0 aromatic carbocycles. The largest absolute Gasteiger partial charge is 0.480 e. The van der Waals surface area contributed by atoms with Crippen molar-refractivity contribution in [2.24, 2.45) is 10.8 Å². The Bertz CT molecular complexity index is 519. The summed E-state index contributed by atoms with van der Waals surface area (Å²) >= 11 is 0. The number of aliphatic hydroxyl groups is 1. The van der Waals surface area contributed by atoms with Gasteiger partial charge < -0.3 is 20.4 Å². The molecule has 0 radical (unpaired) electrons. The van der Waals surface area contributed by atoms with E-state index in [1.54, 1.807) is 0 Å². The van der Waals surface area contributed by atoms with Crippen LogP contribution in [0, 0.1) is 10.8 Å². The zero-order valence-corrected chi connectivity index (χ0v) is 16.1. The molecule has 7 heteroatoms. The summed E-state index contributed by atoms with van der Waals surface area (Å²) in [5, 5.41) is 21.8. The molecular weight excluding hydrogens is 324 g/mol. The molecule has 0 unspecified atom stereocenters. The lowest BCUT2D eigenvalue weighted by Gasteiger charge is -2.35. The lowest BCUT2D eigenvalue weighted by atomic mass is 9.85. The molecule has 3 N–H and O–H groups in total. The highest BCUT2D eigenvalue weighted by Crippen LogP contribution is 2.27. The first kappa shape index (κ1) is 21.4. The zero-order valence-electron chi connectivity index (χ0n) is 16.1. The van der Waals surface area contributed by atoms with Crippen LogP contribution in [-0.4, -0.2) is 57.6 Å². The molecule has 1 aliphatic rings. The predicted molar refractivity (Wildman–Crippen MR) is 93.8 cm³/mol. The number of hydrogen-bond acceptors (Lipinski definition) is 4. The van der Waals surface area contributed by atoms with Crippen molar-refractivity contribution in [3.63, 3.8) is 0 Å². The summed E-state index contributed by atoms with van der Waals surface area (Å²) in [6.45, 7) is 11.5. The van der Waals surface area contributed by atoms with Gasteiger partial charge in [0.2, 0.25) is 11.8 Å². The first-order valence-corrected chi connectivity index (χ1v) is 8.73. The second-order valence-corrected chi connectivity index (χ2v) is 9.16. The van der Waals surface area contributed by atoms with Crippen LogP contribution in [0.5, 0.6) is 0 Å². The maximum atomic E-state index is 12.9. The van der Waals surface area contributed by atoms with E-state index in [1.807, 2.05) is 41.5 Å². The number of nitrogens with zero attached hydrogens (tertiary/aromatic N) is 1. The molecule has 0 aliphatic carbocycles. The fraction of sp³-hybridized carbons (Fsp3) is 0.833. The number of carboxylic acid groups (broad SMARTS) is 1. The SMILES string of the molecule is CC(C)(C)CCC(=O)N[C@H](C(=O)N1C[C@H](O)C[C@H]1C(=O)O)C(C)(C)C. The molecule has 25 heavy (non-hydrogen) atoms. The van der Waals surface area contributed by atoms with Crippen molar-refractivity contribution in [2.75, 3.05) is 6.54 Å². The van der Waals surface area contributed by atoms with Crippen LogP contribution in [0.15, 0.2) is 0 Å². The van der Waals surface area contributed by atoms with E-state index in [1.165, 1.54) is 4.90 Å². The summed E-state index contributed by atoms with van der Waals surface area (Å²) in [5.41, 5.74) is -0.572. The highest BCUT2D eigenvalue weighted by molar-refractivity contribution is 5.91. The minimum absolute atomic E-state index is 0.00600. The fourth-order valence-electron chi connectivity index (χ4n) is 2.83. The van der Waals surface area contributed by atoms with Crippen LogP contribution in [0.3, 0.4) is 0 Å². The van der Waals surface area contributed by atoms with Gasteiger partial charge in [-0.15, -0.1) is 0 Å². The number of carbonyl (C=O) groups excluding carboxylic acids is 2. The molecule has 1 rings (SSSR count). The van der Waals surface area contributed by atoms with E-state index in [0.717, 1.165) is 0 Å². The summed E-state index contributed by atoms with van der Waals surface area (Å²) in [5.74, 6) is -1.83. The van der Waals surface area contributed by atoms with Gasteiger partial charge in [-0.2, -0.15) is 0 Å². The number of amides is 2. The molecule has 0 aromatic rings. The summed E-state index contributed by atoms with van der Waals surface area (Å²) in [6.07, 6.45) is 0.135. The third kappa shape index (κ3) is 6.30. The van der Waals surface area contributed by atoms with Gasteiger partial charge in [0.15, 0.2) is 0 Å². The van der Waals surface area contributed by atoms with E-state index in [0.29, 0.717) is 12.8 Å². The van der Waals surface area contributed by atoms with E-state index in [2.05, 4.69) is 5.32 Å². The fourth-order valence-corrected chi connectivity index (χ4v) is 2.83. The standard InChI is InChI=1S/C18H32N2O5/c1-17(2,3)8-7-13(22)19-14(18(4,5)6)15(23)20-10-11(21)9-12(20)16(24)25/h11-12,14,21H,7-10H2,1-6H3,(H,19,22)(H,24,25)/t11-,12+,14-/m1/s1. The molecule has 1 saturated heterocycles. The summed E-state index contributed by atoms with van der Waals surface area (Å²) in [6, 6.07) is -1.90. The topological polar surface area (TPSA) is 107 Å². The van der Waals surface area contributed by atoms with Crippen molar-refractivity contribution in [1.29, 1.82) is 0 Å². The normalized spacial score (nSPS) is 22.6. The van der Waals surface area contributed by atoms with Crippen molar-refractivity contribution in [3.8, 4) is 0 Å². The molecule has 2 amide bonds. The molecule has 1 heterocycles. The second kappa shape index (κ2) is 7.72. The molecule has 0 spiro atoms. The molecule has 0 saturated carbocycles. The third-order valence-electron chi connectivity index (χ3n) is 4.37. The molecule has 7 nitrogen and oxygen atoms in total. The number of carbonyl (C=O) groups is 3. The first-order chi connectivity index (χ1) is 11.2. The maximum Gasteiger partial charge on any atom is 0.326 e. The maximum absolute atomic E-state index is 12.9. The summed E-state index contributed by atoms with van der Waals surface area (Å²) in [7, 11) is 0. The van der Waals surface area contributed by atoms with E-state index in [9.17, 15) is 24.6 Å². The van der Waals surface area contributed by atoms with Crippen LogP contribution in [0.25, 0.3) is 0 Å². The number of hydrogen-bond donors (Lipinski definition) is 3. The van der Waals surface area contributed by atoms with E-state index >= 15 is 0 Å². The number of likely N-dealkylation sites (tertiary alicyclic amines) is 1. The quantitative estimate of drug-likeness (QED) is 0.690. The number of β-amino-alcohol motifs (C(OH)–C–C–N with tert-alkyl or cyclic N) is 1. The lowest BCUT2D eigenvalue weighted by Crippen LogP contribution is -2.56. The third-order valence-corrected chi connectivity index (χ3v) is 4.37. The lowest BCUT2D eigenvalue weighted by molar-refractivity contribution is -0.150. The number of aliphatic hydroxyl groups excluding tert-OH is 1. The van der Waals surface area contributed by atoms with Gasteiger partial charge in [-0.3, -0.25) is 9.59 Å². The van der Waals surface area contributed by atoms with Crippen LogP contribution < -0.4 is 5.32 Å². The van der Waals surface area contributed by atoms with Gasteiger partial charge in [0, 0.05) is 19.4 Å². The zero-order chi connectivity index (χ0) is 19.6. The molecule has 1 fully saturated rings. The smallest absolute Gasteiger partial charge is 0.326 e. The van der Waals surface area contributed by atoms with E-state index in [-0.39, 0.29) is 24.3 Å². The highest BCUT2D eigenvalue weighted by Gasteiger charge is 2.44. The Morgan fingerprint density at radius 2 is 1.72 bits per heavy atom. The van der Waals surface area contributed by atoms with Crippen molar-refractivity contribution >= 4 is 17.8 Å². The number of nitrogens with one attached hydrogen (secondary N) is 1. The molecule has 0 bridgehead atoms. The second-order valence-electron chi connectivity index (χ2n) is 9.16. The Labute approximate surface area is 149 Å². The van der Waals surface area contributed by atoms with Gasteiger partial charge in [0.1, 0.15) is 12.1 Å². The first-order valence-electron chi connectivity index (χ1n) is 8.73. The van der Waals surface area contributed by atoms with Gasteiger partial charge in [0.25, 0.3) is 0 Å². The minimum atomic E-state index is -1.14. The van der Waals surface area contributed by atoms with Crippen molar-refractivity contribution in [1.82, 2.24) is 10.2 Å². The van der Waals surface area contributed by atoms with Gasteiger partial charge in [-0.25, -0.2) is 4.79 Å². The molecular formula is C18H32N2O5. The molecule has 1 aliphatic heterocycles. The van der Waals surface area contributed by atoms with Crippen LogP contribution in [-0.2, 0) is 14.4 Å². The Hall–Kier alpha value is -1.63. The van der Waals surface area contributed by atoms with Crippen LogP contribution in [0.1, 0.15) is 60.8 Å². The van der Waals surface area contributed by atoms with E-state index in [4.69, 9.17) is 0 Å². The van der Waals surface area contributed by atoms with Crippen molar-refractivity contribution < 1.29 is 24.6 Å². The van der Waals surface area contributed by atoms with Crippen LogP contribution >= 0.6 is 0 Å². The average molecular weight is 356 g/mol. The van der Waals surface area contributed by atoms with Gasteiger partial charge in [0.05, 0.1) is 6.10 Å². The van der Waals surface area contributed by atoms with Crippen LogP contribution in [0.2, 0.25) is 0 Å². The Morgan fingerprint density at radius 3 is 2.16 bits per heavy atom. The van der Waals surface area contributed by atoms with Crippen molar-refractivity contribution in [3.05, 3.63) is 0 Å². The summed E-state index contributed by atoms with van der Waals surface area (Å²) < 4.78 is 0. The highest BCUT2D eigenvalue weighted by atomic mass is 16.4. The molecule has 3 atom stereocenters. The van der Waals surface area contributed by atoms with Gasteiger partial charge >= 0.3 is 5.97 Å². The Balaban J connectivity index is 2.90. The monoisotopic (exact) mass is 356 g/mol. The molecule has 144 valence electrons. The minimum Gasteiger partial charge on any atom is -0.480 e. The number of rotatable bonds is 5. The number of aliphatic carboxylic acids is 1. The summed E-state index contributed by atoms with van der Waals surface area (Å²) in [4.78, 5) is 37.8. The van der Waals surface area contributed by atoms with E-state index < -0.39 is 35.5 Å². The van der Waals surface area contributed by atoms with Crippen LogP contribution in [0.4, 0.5) is 0 Å². The van der Waals surface area contributed by atoms with Crippen molar-refractivity contribution in [2.45, 2.75) is 79.0 Å². The Morgan fingerprint density at radius 1 is 1.16 bits per heavy atom. The van der Waals surface area contributed by atoms with Gasteiger partial charge in [-0.1, -0.05) is 41.5 Å². The van der Waals surface area contributed by atoms with Gasteiger partial charge in [-0.05, 0) is 17.3 Å². The predicted octanol–water partition coefficient (Wildman–Crippen LogP) is 1.39.